The molecule has 0 atom stereocenters. The molecule has 1 aliphatic rings. The summed E-state index contributed by atoms with van der Waals surface area (Å²) in [6.07, 6.45) is 7.44. The maximum atomic E-state index is 4.22. The van der Waals surface area contributed by atoms with E-state index in [1.54, 1.807) is 6.33 Å². The minimum atomic E-state index is 0.483. The monoisotopic (exact) mass is 223 g/mol. The number of nitrogens with one attached hydrogen (secondary N) is 1. The first-order chi connectivity index (χ1) is 7.28. The van der Waals surface area contributed by atoms with Crippen LogP contribution in [0.1, 0.15) is 25.5 Å². The Morgan fingerprint density at radius 2 is 2.27 bits per heavy atom. The Bertz CT molecular complexity index is 336. The van der Waals surface area contributed by atoms with Gasteiger partial charge in [0, 0.05) is 23.1 Å². The van der Waals surface area contributed by atoms with Crippen molar-refractivity contribution in [3.63, 3.8) is 0 Å². The van der Waals surface area contributed by atoms with Gasteiger partial charge in [0.05, 0.1) is 0 Å². The highest BCUT2D eigenvalue weighted by molar-refractivity contribution is 8.00. The van der Waals surface area contributed by atoms with Gasteiger partial charge in [0.25, 0.3) is 0 Å². The minimum Gasteiger partial charge on any atom is -0.369 e. The first kappa shape index (κ1) is 10.7. The van der Waals surface area contributed by atoms with Crippen molar-refractivity contribution in [3.05, 3.63) is 18.1 Å². The van der Waals surface area contributed by atoms with Crippen molar-refractivity contribution in [1.82, 2.24) is 9.97 Å². The lowest BCUT2D eigenvalue weighted by Crippen LogP contribution is -2.18. The quantitative estimate of drug-likeness (QED) is 0.831. The van der Waals surface area contributed by atoms with Gasteiger partial charge in [-0.25, -0.2) is 9.97 Å². The molecule has 15 heavy (non-hydrogen) atoms. The van der Waals surface area contributed by atoms with Gasteiger partial charge in [-0.3, -0.25) is 0 Å². The van der Waals surface area contributed by atoms with Crippen molar-refractivity contribution < 1.29 is 0 Å². The van der Waals surface area contributed by atoms with E-state index in [-0.39, 0.29) is 0 Å². The molecule has 0 spiro atoms. The van der Waals surface area contributed by atoms with Crippen LogP contribution in [0.25, 0.3) is 0 Å². The van der Waals surface area contributed by atoms with E-state index in [0.717, 1.165) is 24.5 Å². The zero-order chi connectivity index (χ0) is 10.7. The highest BCUT2D eigenvalue weighted by atomic mass is 32.2. The van der Waals surface area contributed by atoms with Gasteiger partial charge in [-0.15, -0.1) is 0 Å². The van der Waals surface area contributed by atoms with Crippen LogP contribution in [-0.2, 0) is 6.42 Å². The van der Waals surface area contributed by atoms with Crippen LogP contribution in [0.4, 0.5) is 5.82 Å². The van der Waals surface area contributed by atoms with Gasteiger partial charge in [-0.1, -0.05) is 6.92 Å². The fourth-order valence-electron chi connectivity index (χ4n) is 1.53. The van der Waals surface area contributed by atoms with E-state index in [2.05, 4.69) is 28.5 Å². The number of aryl methyl sites for hydroxylation is 1. The number of nitrogens with zero attached hydrogens (tertiary/aromatic N) is 2. The maximum Gasteiger partial charge on any atom is 0.129 e. The molecule has 0 unspecified atom stereocenters. The van der Waals surface area contributed by atoms with Gasteiger partial charge in [-0.2, -0.15) is 11.8 Å². The molecule has 1 heterocycles. The Morgan fingerprint density at radius 1 is 1.47 bits per heavy atom. The predicted octanol–water partition coefficient (Wildman–Crippen LogP) is 2.35. The number of hydrogen-bond donors (Lipinski definition) is 1. The Morgan fingerprint density at radius 3 is 2.87 bits per heavy atom. The molecule has 1 aromatic heterocycles. The molecule has 1 fully saturated rings. The van der Waals surface area contributed by atoms with Crippen LogP contribution in [-0.4, -0.2) is 27.5 Å². The second kappa shape index (κ2) is 4.39. The second-order valence-electron chi connectivity index (χ2n) is 3.99. The molecule has 4 heteroatoms. The lowest BCUT2D eigenvalue weighted by atomic mass is 10.3. The normalized spacial score (nSPS) is 17.5. The van der Waals surface area contributed by atoms with Crippen LogP contribution in [0.15, 0.2) is 12.4 Å². The molecule has 1 saturated carbocycles. The molecule has 82 valence electrons. The molecular weight excluding hydrogens is 206 g/mol. The maximum absolute atomic E-state index is 4.22. The Kier molecular flexibility index (Phi) is 3.14. The largest absolute Gasteiger partial charge is 0.369 e. The van der Waals surface area contributed by atoms with Crippen molar-refractivity contribution in [2.75, 3.05) is 18.1 Å². The molecule has 1 aliphatic carbocycles. The third-order valence-electron chi connectivity index (χ3n) is 2.92. The van der Waals surface area contributed by atoms with Crippen LogP contribution in [0, 0.1) is 0 Å². The van der Waals surface area contributed by atoms with E-state index in [1.165, 1.54) is 12.8 Å². The number of anilines is 1. The molecule has 0 aliphatic heterocycles. The Balaban J connectivity index is 1.93. The highest BCUT2D eigenvalue weighted by Crippen LogP contribution is 2.46. The first-order valence-corrected chi connectivity index (χ1v) is 6.60. The molecule has 1 N–H and O–H groups in total. The van der Waals surface area contributed by atoms with Crippen LogP contribution < -0.4 is 5.32 Å². The summed E-state index contributed by atoms with van der Waals surface area (Å²) >= 11 is 1.96. The number of aromatic nitrogens is 2. The molecule has 0 amide bonds. The van der Waals surface area contributed by atoms with Gasteiger partial charge in [-0.05, 0) is 25.5 Å². The first-order valence-electron chi connectivity index (χ1n) is 5.38. The van der Waals surface area contributed by atoms with Crippen LogP contribution in [0.2, 0.25) is 0 Å². The summed E-state index contributed by atoms with van der Waals surface area (Å²) < 4.78 is 0.483. The number of thioether (sulfide) groups is 1. The van der Waals surface area contributed by atoms with E-state index < -0.39 is 0 Å². The summed E-state index contributed by atoms with van der Waals surface area (Å²) in [7, 11) is 0. The second-order valence-corrected chi connectivity index (χ2v) is 5.26. The smallest absolute Gasteiger partial charge is 0.129 e. The topological polar surface area (TPSA) is 37.8 Å². The van der Waals surface area contributed by atoms with Gasteiger partial charge < -0.3 is 5.32 Å². The fraction of sp³-hybridized carbons (Fsp3) is 0.636. The SMILES string of the molecule is CCc1cc(NCC2(SC)CC2)ncn1. The zero-order valence-corrected chi connectivity index (χ0v) is 10.1. The van der Waals surface area contributed by atoms with Crippen molar-refractivity contribution in [1.29, 1.82) is 0 Å². The Hall–Kier alpha value is -0.770. The van der Waals surface area contributed by atoms with Crippen molar-refractivity contribution in [2.45, 2.75) is 30.9 Å². The number of hydrogen-bond acceptors (Lipinski definition) is 4. The molecule has 0 saturated heterocycles. The molecule has 3 nitrogen and oxygen atoms in total. The lowest BCUT2D eigenvalue weighted by molar-refractivity contribution is 0.927. The summed E-state index contributed by atoms with van der Waals surface area (Å²) in [4.78, 5) is 8.40. The van der Waals surface area contributed by atoms with E-state index in [1.807, 2.05) is 17.8 Å². The van der Waals surface area contributed by atoms with Crippen LogP contribution >= 0.6 is 11.8 Å². The molecule has 0 radical (unpaired) electrons. The van der Waals surface area contributed by atoms with Gasteiger partial charge in [0.1, 0.15) is 12.1 Å². The zero-order valence-electron chi connectivity index (χ0n) is 9.29. The van der Waals surface area contributed by atoms with Gasteiger partial charge in [0.2, 0.25) is 0 Å². The lowest BCUT2D eigenvalue weighted by Gasteiger charge is -2.13. The van der Waals surface area contributed by atoms with E-state index in [0.29, 0.717) is 4.75 Å². The van der Waals surface area contributed by atoms with Crippen LogP contribution in [0.3, 0.4) is 0 Å². The van der Waals surface area contributed by atoms with Crippen molar-refractivity contribution in [3.8, 4) is 0 Å². The van der Waals surface area contributed by atoms with Gasteiger partial charge in [0.15, 0.2) is 0 Å². The standard InChI is InChI=1S/C11H17N3S/c1-3-9-6-10(14-8-13-9)12-7-11(15-2)4-5-11/h6,8H,3-5,7H2,1-2H3,(H,12,13,14). The summed E-state index contributed by atoms with van der Waals surface area (Å²) in [5, 5.41) is 3.40. The fourth-order valence-corrected chi connectivity index (χ4v) is 2.26. The van der Waals surface area contributed by atoms with Crippen molar-refractivity contribution >= 4 is 17.6 Å². The van der Waals surface area contributed by atoms with E-state index in [9.17, 15) is 0 Å². The van der Waals surface area contributed by atoms with E-state index in [4.69, 9.17) is 0 Å². The molecule has 2 rings (SSSR count). The minimum absolute atomic E-state index is 0.483. The molecule has 0 aromatic carbocycles. The third kappa shape index (κ3) is 2.62. The van der Waals surface area contributed by atoms with E-state index >= 15 is 0 Å². The highest BCUT2D eigenvalue weighted by Gasteiger charge is 2.41. The average Bonchev–Trinajstić information content (AvgIpc) is 3.07. The van der Waals surface area contributed by atoms with Gasteiger partial charge >= 0.3 is 0 Å². The predicted molar refractivity (Wildman–Crippen MR) is 65.4 cm³/mol. The molecule has 0 bridgehead atoms. The summed E-state index contributed by atoms with van der Waals surface area (Å²) in [6, 6.07) is 2.04. The third-order valence-corrected chi connectivity index (χ3v) is 4.34. The summed E-state index contributed by atoms with van der Waals surface area (Å²) in [5.41, 5.74) is 1.10. The average molecular weight is 223 g/mol. The summed E-state index contributed by atoms with van der Waals surface area (Å²) in [6.45, 7) is 3.13. The van der Waals surface area contributed by atoms with Crippen molar-refractivity contribution in [2.24, 2.45) is 0 Å². The Labute approximate surface area is 95.1 Å². The van der Waals surface area contributed by atoms with Crippen LogP contribution in [0.5, 0.6) is 0 Å². The molecule has 1 aromatic rings. The molecular formula is C11H17N3S. The number of rotatable bonds is 5. The summed E-state index contributed by atoms with van der Waals surface area (Å²) in [5.74, 6) is 0.960.